The zero-order valence-electron chi connectivity index (χ0n) is 11.7. The first kappa shape index (κ1) is 15.5. The Balaban J connectivity index is 2.45. The van der Waals surface area contributed by atoms with Crippen LogP contribution in [0.2, 0.25) is 5.02 Å². The van der Waals surface area contributed by atoms with Crippen molar-refractivity contribution in [2.75, 3.05) is 20.1 Å². The molecule has 0 saturated heterocycles. The third kappa shape index (κ3) is 5.38. The van der Waals surface area contributed by atoms with Gasteiger partial charge in [-0.2, -0.15) is 0 Å². The molecule has 0 spiro atoms. The average Bonchev–Trinajstić information content (AvgIpc) is 2.37. The molecule has 0 heterocycles. The molecule has 1 unspecified atom stereocenters. The molecular formula is C15H25ClN2. The summed E-state index contributed by atoms with van der Waals surface area (Å²) in [4.78, 5) is 2.41. The summed E-state index contributed by atoms with van der Waals surface area (Å²) >= 11 is 5.90. The lowest BCUT2D eigenvalue weighted by molar-refractivity contribution is 0.221. The molecule has 0 aliphatic heterocycles. The predicted octanol–water partition coefficient (Wildman–Crippen LogP) is 3.55. The van der Waals surface area contributed by atoms with Crippen molar-refractivity contribution in [1.82, 2.24) is 10.2 Å². The number of hydrogen-bond donors (Lipinski definition) is 1. The first-order valence-corrected chi connectivity index (χ1v) is 7.20. The third-order valence-electron chi connectivity index (χ3n) is 3.25. The number of rotatable bonds is 8. The van der Waals surface area contributed by atoms with E-state index in [0.717, 1.165) is 24.7 Å². The largest absolute Gasteiger partial charge is 0.315 e. The van der Waals surface area contributed by atoms with Crippen LogP contribution in [0, 0.1) is 0 Å². The standard InChI is InChI=1S/C15H25ClN2/c1-4-10-17-11-15(5-2)18(3)12-13-6-8-14(16)9-7-13/h6-9,15,17H,4-5,10-12H2,1-3H3. The average molecular weight is 269 g/mol. The highest BCUT2D eigenvalue weighted by Crippen LogP contribution is 2.12. The molecule has 0 radical (unpaired) electrons. The Kier molecular flexibility index (Phi) is 7.33. The van der Waals surface area contributed by atoms with Gasteiger partial charge in [-0.15, -0.1) is 0 Å². The number of nitrogens with zero attached hydrogens (tertiary/aromatic N) is 1. The summed E-state index contributed by atoms with van der Waals surface area (Å²) in [5, 5.41) is 4.30. The van der Waals surface area contributed by atoms with E-state index in [2.05, 4.69) is 43.2 Å². The van der Waals surface area contributed by atoms with Crippen LogP contribution in [0.4, 0.5) is 0 Å². The smallest absolute Gasteiger partial charge is 0.0406 e. The molecule has 0 aromatic heterocycles. The summed E-state index contributed by atoms with van der Waals surface area (Å²) in [6.45, 7) is 7.59. The Hall–Kier alpha value is -0.570. The van der Waals surface area contributed by atoms with Crippen LogP contribution >= 0.6 is 11.6 Å². The molecule has 0 amide bonds. The first-order valence-electron chi connectivity index (χ1n) is 6.82. The molecule has 1 N–H and O–H groups in total. The van der Waals surface area contributed by atoms with Crippen molar-refractivity contribution >= 4 is 11.6 Å². The molecule has 0 bridgehead atoms. The van der Waals surface area contributed by atoms with E-state index >= 15 is 0 Å². The lowest BCUT2D eigenvalue weighted by Gasteiger charge is -2.27. The molecule has 18 heavy (non-hydrogen) atoms. The van der Waals surface area contributed by atoms with Crippen LogP contribution in [0.1, 0.15) is 32.3 Å². The quantitative estimate of drug-likeness (QED) is 0.726. The minimum absolute atomic E-state index is 0.590. The summed E-state index contributed by atoms with van der Waals surface area (Å²) in [6.07, 6.45) is 2.36. The lowest BCUT2D eigenvalue weighted by Crippen LogP contribution is -2.39. The van der Waals surface area contributed by atoms with Gasteiger partial charge in [0.15, 0.2) is 0 Å². The second kappa shape index (κ2) is 8.52. The molecule has 1 aromatic carbocycles. The molecule has 102 valence electrons. The topological polar surface area (TPSA) is 15.3 Å². The molecule has 0 aliphatic carbocycles. The van der Waals surface area contributed by atoms with Gasteiger partial charge in [-0.05, 0) is 44.1 Å². The van der Waals surface area contributed by atoms with Crippen LogP contribution in [-0.2, 0) is 6.54 Å². The van der Waals surface area contributed by atoms with Crippen molar-refractivity contribution in [2.45, 2.75) is 39.3 Å². The summed E-state index contributed by atoms with van der Waals surface area (Å²) in [6, 6.07) is 8.71. The van der Waals surface area contributed by atoms with E-state index in [-0.39, 0.29) is 0 Å². The van der Waals surface area contributed by atoms with Crippen molar-refractivity contribution in [3.63, 3.8) is 0 Å². The molecule has 1 aromatic rings. The van der Waals surface area contributed by atoms with E-state index in [4.69, 9.17) is 11.6 Å². The maximum atomic E-state index is 5.90. The molecule has 3 heteroatoms. The zero-order valence-corrected chi connectivity index (χ0v) is 12.5. The van der Waals surface area contributed by atoms with Crippen molar-refractivity contribution in [2.24, 2.45) is 0 Å². The van der Waals surface area contributed by atoms with Gasteiger partial charge in [-0.25, -0.2) is 0 Å². The number of halogens is 1. The highest BCUT2D eigenvalue weighted by molar-refractivity contribution is 6.30. The van der Waals surface area contributed by atoms with Crippen LogP contribution in [0.5, 0.6) is 0 Å². The fourth-order valence-electron chi connectivity index (χ4n) is 2.06. The maximum absolute atomic E-state index is 5.90. The highest BCUT2D eigenvalue weighted by Gasteiger charge is 2.12. The van der Waals surface area contributed by atoms with Crippen molar-refractivity contribution in [1.29, 1.82) is 0 Å². The summed E-state index contributed by atoms with van der Waals surface area (Å²) in [7, 11) is 2.19. The molecule has 1 rings (SSSR count). The Morgan fingerprint density at radius 1 is 1.22 bits per heavy atom. The van der Waals surface area contributed by atoms with Crippen LogP contribution in [0.15, 0.2) is 24.3 Å². The molecule has 1 atom stereocenters. The Morgan fingerprint density at radius 3 is 2.44 bits per heavy atom. The lowest BCUT2D eigenvalue weighted by atomic mass is 10.1. The summed E-state index contributed by atoms with van der Waals surface area (Å²) < 4.78 is 0. The number of benzene rings is 1. The van der Waals surface area contributed by atoms with E-state index in [1.807, 2.05) is 12.1 Å². The molecule has 0 saturated carbocycles. The summed E-state index contributed by atoms with van der Waals surface area (Å²) in [5.74, 6) is 0. The SMILES string of the molecule is CCCNCC(CC)N(C)Cc1ccc(Cl)cc1. The van der Waals surface area contributed by atoms with Gasteiger partial charge in [0.25, 0.3) is 0 Å². The van der Waals surface area contributed by atoms with Crippen LogP contribution < -0.4 is 5.32 Å². The molecular weight excluding hydrogens is 244 g/mol. The minimum Gasteiger partial charge on any atom is -0.315 e. The first-order chi connectivity index (χ1) is 8.67. The van der Waals surface area contributed by atoms with Gasteiger partial charge in [0, 0.05) is 24.2 Å². The highest BCUT2D eigenvalue weighted by atomic mass is 35.5. The van der Waals surface area contributed by atoms with Crippen molar-refractivity contribution in [3.05, 3.63) is 34.9 Å². The van der Waals surface area contributed by atoms with E-state index in [9.17, 15) is 0 Å². The van der Waals surface area contributed by atoms with Gasteiger partial charge >= 0.3 is 0 Å². The second-order valence-corrected chi connectivity index (χ2v) is 5.24. The fraction of sp³-hybridized carbons (Fsp3) is 0.600. The van der Waals surface area contributed by atoms with Gasteiger partial charge in [0.2, 0.25) is 0 Å². The van der Waals surface area contributed by atoms with Crippen molar-refractivity contribution in [3.8, 4) is 0 Å². The second-order valence-electron chi connectivity index (χ2n) is 4.81. The minimum atomic E-state index is 0.590. The zero-order chi connectivity index (χ0) is 13.4. The Bertz CT molecular complexity index is 324. The monoisotopic (exact) mass is 268 g/mol. The van der Waals surface area contributed by atoms with Crippen molar-refractivity contribution < 1.29 is 0 Å². The summed E-state index contributed by atoms with van der Waals surface area (Å²) in [5.41, 5.74) is 1.32. The number of nitrogens with one attached hydrogen (secondary N) is 1. The van der Waals surface area contributed by atoms with E-state index in [1.54, 1.807) is 0 Å². The van der Waals surface area contributed by atoms with Crippen LogP contribution in [0.3, 0.4) is 0 Å². The normalized spacial score (nSPS) is 12.9. The third-order valence-corrected chi connectivity index (χ3v) is 3.50. The van der Waals surface area contributed by atoms with E-state index in [0.29, 0.717) is 6.04 Å². The van der Waals surface area contributed by atoms with E-state index in [1.165, 1.54) is 18.4 Å². The molecule has 0 aliphatic rings. The van der Waals surface area contributed by atoms with Gasteiger partial charge < -0.3 is 5.32 Å². The van der Waals surface area contributed by atoms with Gasteiger partial charge in [0.05, 0.1) is 0 Å². The molecule has 0 fully saturated rings. The Morgan fingerprint density at radius 2 is 1.89 bits per heavy atom. The van der Waals surface area contributed by atoms with Crippen LogP contribution in [-0.4, -0.2) is 31.1 Å². The van der Waals surface area contributed by atoms with Gasteiger partial charge in [-0.1, -0.05) is 37.6 Å². The number of hydrogen-bond acceptors (Lipinski definition) is 2. The number of likely N-dealkylation sites (N-methyl/N-ethyl adjacent to an activating group) is 1. The Labute approximate surface area is 116 Å². The fourth-order valence-corrected chi connectivity index (χ4v) is 2.19. The van der Waals surface area contributed by atoms with Crippen LogP contribution in [0.25, 0.3) is 0 Å². The van der Waals surface area contributed by atoms with Gasteiger partial charge in [-0.3, -0.25) is 4.90 Å². The predicted molar refractivity (Wildman–Crippen MR) is 80.2 cm³/mol. The maximum Gasteiger partial charge on any atom is 0.0406 e. The molecule has 2 nitrogen and oxygen atoms in total. The van der Waals surface area contributed by atoms with Gasteiger partial charge in [0.1, 0.15) is 0 Å². The van der Waals surface area contributed by atoms with E-state index < -0.39 is 0 Å².